The van der Waals surface area contributed by atoms with E-state index in [2.05, 4.69) is 5.32 Å². The Morgan fingerprint density at radius 3 is 2.55 bits per heavy atom. The van der Waals surface area contributed by atoms with Crippen LogP contribution in [0.5, 0.6) is 0 Å². The number of carbonyl (C=O) groups excluding carboxylic acids is 2. The number of rotatable bonds is 3. The minimum absolute atomic E-state index is 0.113. The molecule has 1 saturated carbocycles. The molecule has 20 heavy (non-hydrogen) atoms. The molecule has 0 aliphatic heterocycles. The Labute approximate surface area is 118 Å². The van der Waals surface area contributed by atoms with Gasteiger partial charge in [0.1, 0.15) is 0 Å². The molecule has 1 fully saturated rings. The Morgan fingerprint density at radius 2 is 1.80 bits per heavy atom. The molecule has 0 radical (unpaired) electrons. The highest BCUT2D eigenvalue weighted by atomic mass is 16.2. The Kier molecular flexibility index (Phi) is 4.74. The lowest BCUT2D eigenvalue weighted by Crippen LogP contribution is -2.38. The summed E-state index contributed by atoms with van der Waals surface area (Å²) in [5.41, 5.74) is 12.2. The van der Waals surface area contributed by atoms with Crippen LogP contribution in [0, 0.1) is 5.92 Å². The molecule has 5 heteroatoms. The molecule has 0 bridgehead atoms. The van der Waals surface area contributed by atoms with Gasteiger partial charge in [-0.05, 0) is 25.0 Å². The monoisotopic (exact) mass is 275 g/mol. The first-order valence-corrected chi connectivity index (χ1v) is 7.05. The van der Waals surface area contributed by atoms with Crippen LogP contribution in [0.25, 0.3) is 0 Å². The Hall–Kier alpha value is -1.88. The predicted octanol–water partition coefficient (Wildman–Crippen LogP) is 1.63. The zero-order chi connectivity index (χ0) is 14.5. The first-order chi connectivity index (χ1) is 9.59. The van der Waals surface area contributed by atoms with Gasteiger partial charge in [0.25, 0.3) is 5.91 Å². The summed E-state index contributed by atoms with van der Waals surface area (Å²) < 4.78 is 0. The van der Waals surface area contributed by atoms with E-state index < -0.39 is 5.91 Å². The molecule has 0 spiro atoms. The van der Waals surface area contributed by atoms with E-state index in [1.54, 1.807) is 24.3 Å². The molecule has 1 aromatic carbocycles. The van der Waals surface area contributed by atoms with Crippen molar-refractivity contribution in [2.24, 2.45) is 17.4 Å². The third-order valence-electron chi connectivity index (χ3n) is 3.86. The van der Waals surface area contributed by atoms with Crippen LogP contribution in [0.4, 0.5) is 5.69 Å². The molecule has 2 atom stereocenters. The molecule has 0 heterocycles. The number of nitrogens with two attached hydrogens (primary N) is 2. The summed E-state index contributed by atoms with van der Waals surface area (Å²) >= 11 is 0. The topological polar surface area (TPSA) is 98.2 Å². The van der Waals surface area contributed by atoms with Gasteiger partial charge in [-0.3, -0.25) is 9.59 Å². The molecular weight excluding hydrogens is 254 g/mol. The molecule has 2 rings (SSSR count). The fraction of sp³-hybridized carbons (Fsp3) is 0.467. The van der Waals surface area contributed by atoms with Crippen LogP contribution < -0.4 is 16.8 Å². The van der Waals surface area contributed by atoms with E-state index in [0.717, 1.165) is 32.1 Å². The van der Waals surface area contributed by atoms with Crippen LogP contribution in [-0.2, 0) is 4.79 Å². The van der Waals surface area contributed by atoms with Crippen molar-refractivity contribution >= 4 is 17.5 Å². The second-order valence-electron chi connectivity index (χ2n) is 5.31. The van der Waals surface area contributed by atoms with E-state index in [1.807, 2.05) is 0 Å². The summed E-state index contributed by atoms with van der Waals surface area (Å²) in [5, 5.41) is 2.80. The third kappa shape index (κ3) is 3.36. The summed E-state index contributed by atoms with van der Waals surface area (Å²) in [7, 11) is 0. The van der Waals surface area contributed by atoms with Crippen LogP contribution in [0.1, 0.15) is 42.5 Å². The lowest BCUT2D eigenvalue weighted by Gasteiger charge is -2.21. The van der Waals surface area contributed by atoms with Gasteiger partial charge in [-0.25, -0.2) is 0 Å². The summed E-state index contributed by atoms with van der Waals surface area (Å²) in [6.45, 7) is 0. The fourth-order valence-corrected chi connectivity index (χ4v) is 2.69. The Bertz CT molecular complexity index is 502. The predicted molar refractivity (Wildman–Crippen MR) is 78.1 cm³/mol. The van der Waals surface area contributed by atoms with Crippen molar-refractivity contribution in [3.63, 3.8) is 0 Å². The Morgan fingerprint density at radius 1 is 1.10 bits per heavy atom. The standard InChI is InChI=1S/C15H21N3O2/c16-12-8-3-1-2-6-10(12)15(20)18-13-9-5-4-7-11(13)14(17)19/h4-5,7,9-10,12H,1-3,6,8,16H2,(H2,17,19)(H,18,20). The largest absolute Gasteiger partial charge is 0.366 e. The molecule has 0 saturated heterocycles. The number of primary amides is 1. The minimum Gasteiger partial charge on any atom is -0.366 e. The van der Waals surface area contributed by atoms with Crippen molar-refractivity contribution in [1.82, 2.24) is 0 Å². The molecule has 1 aliphatic rings. The van der Waals surface area contributed by atoms with Crippen LogP contribution in [-0.4, -0.2) is 17.9 Å². The van der Waals surface area contributed by atoms with E-state index in [-0.39, 0.29) is 17.9 Å². The van der Waals surface area contributed by atoms with E-state index >= 15 is 0 Å². The highest BCUT2D eigenvalue weighted by Gasteiger charge is 2.27. The molecule has 0 aromatic heterocycles. The number of carbonyl (C=O) groups is 2. The van der Waals surface area contributed by atoms with E-state index in [0.29, 0.717) is 11.3 Å². The quantitative estimate of drug-likeness (QED) is 0.731. The van der Waals surface area contributed by atoms with E-state index in [1.165, 1.54) is 0 Å². The SMILES string of the molecule is NC(=O)c1ccccc1NC(=O)C1CCCCCC1N. The van der Waals surface area contributed by atoms with Gasteiger partial charge < -0.3 is 16.8 Å². The number of anilines is 1. The van der Waals surface area contributed by atoms with E-state index in [9.17, 15) is 9.59 Å². The number of benzene rings is 1. The van der Waals surface area contributed by atoms with Crippen LogP contribution in [0.2, 0.25) is 0 Å². The number of hydrogen-bond donors (Lipinski definition) is 3. The third-order valence-corrected chi connectivity index (χ3v) is 3.86. The number of hydrogen-bond acceptors (Lipinski definition) is 3. The zero-order valence-electron chi connectivity index (χ0n) is 11.5. The second kappa shape index (κ2) is 6.52. The van der Waals surface area contributed by atoms with Crippen molar-refractivity contribution in [2.75, 3.05) is 5.32 Å². The average Bonchev–Trinajstić information content (AvgIpc) is 2.63. The normalized spacial score (nSPS) is 22.9. The van der Waals surface area contributed by atoms with Crippen LogP contribution >= 0.6 is 0 Å². The van der Waals surface area contributed by atoms with Gasteiger partial charge in [-0.2, -0.15) is 0 Å². The summed E-state index contributed by atoms with van der Waals surface area (Å²) in [6.07, 6.45) is 4.88. The first-order valence-electron chi connectivity index (χ1n) is 7.05. The van der Waals surface area contributed by atoms with Gasteiger partial charge in [-0.1, -0.05) is 31.4 Å². The molecule has 2 amide bonds. The van der Waals surface area contributed by atoms with Crippen molar-refractivity contribution in [2.45, 2.75) is 38.1 Å². The van der Waals surface area contributed by atoms with Gasteiger partial charge in [-0.15, -0.1) is 0 Å². The minimum atomic E-state index is -0.550. The molecule has 5 nitrogen and oxygen atoms in total. The van der Waals surface area contributed by atoms with Gasteiger partial charge >= 0.3 is 0 Å². The van der Waals surface area contributed by atoms with Gasteiger partial charge in [0.15, 0.2) is 0 Å². The maximum Gasteiger partial charge on any atom is 0.250 e. The molecule has 1 aromatic rings. The number of nitrogens with one attached hydrogen (secondary N) is 1. The van der Waals surface area contributed by atoms with Crippen molar-refractivity contribution in [3.8, 4) is 0 Å². The van der Waals surface area contributed by atoms with Crippen molar-refractivity contribution in [1.29, 1.82) is 0 Å². The second-order valence-corrected chi connectivity index (χ2v) is 5.31. The van der Waals surface area contributed by atoms with Gasteiger partial charge in [0.2, 0.25) is 5.91 Å². The maximum atomic E-state index is 12.4. The lowest BCUT2D eigenvalue weighted by atomic mass is 9.94. The Balaban J connectivity index is 2.13. The first kappa shape index (κ1) is 14.5. The van der Waals surface area contributed by atoms with Crippen molar-refractivity contribution in [3.05, 3.63) is 29.8 Å². The summed E-state index contributed by atoms with van der Waals surface area (Å²) in [6, 6.07) is 6.64. The van der Waals surface area contributed by atoms with Crippen LogP contribution in [0.15, 0.2) is 24.3 Å². The van der Waals surface area contributed by atoms with Gasteiger partial charge in [0.05, 0.1) is 17.2 Å². The fourth-order valence-electron chi connectivity index (χ4n) is 2.69. The summed E-state index contributed by atoms with van der Waals surface area (Å²) in [4.78, 5) is 23.7. The molecule has 1 aliphatic carbocycles. The van der Waals surface area contributed by atoms with Crippen molar-refractivity contribution < 1.29 is 9.59 Å². The number of amides is 2. The zero-order valence-corrected chi connectivity index (χ0v) is 11.5. The molecule has 2 unspecified atom stereocenters. The summed E-state index contributed by atoms with van der Waals surface area (Å²) in [5.74, 6) is -0.863. The highest BCUT2D eigenvalue weighted by Crippen LogP contribution is 2.24. The lowest BCUT2D eigenvalue weighted by molar-refractivity contribution is -0.120. The molecule has 108 valence electrons. The number of para-hydroxylation sites is 1. The van der Waals surface area contributed by atoms with Crippen LogP contribution in [0.3, 0.4) is 0 Å². The van der Waals surface area contributed by atoms with Gasteiger partial charge in [0, 0.05) is 6.04 Å². The molecule has 5 N–H and O–H groups in total. The average molecular weight is 275 g/mol. The maximum absolute atomic E-state index is 12.4. The van der Waals surface area contributed by atoms with E-state index in [4.69, 9.17) is 11.5 Å². The smallest absolute Gasteiger partial charge is 0.250 e. The molecular formula is C15H21N3O2. The highest BCUT2D eigenvalue weighted by molar-refractivity contribution is 6.03.